The molecule has 4 heterocycles. The largest absolute Gasteiger partial charge is 0.493 e. The van der Waals surface area contributed by atoms with Crippen LogP contribution in [0.1, 0.15) is 25.3 Å². The summed E-state index contributed by atoms with van der Waals surface area (Å²) >= 11 is 0. The topological polar surface area (TPSA) is 131 Å². The van der Waals surface area contributed by atoms with Gasteiger partial charge in [-0.25, -0.2) is 14.6 Å². The minimum absolute atomic E-state index is 0.217. The molecule has 2 bridgehead atoms. The zero-order valence-electron chi connectivity index (χ0n) is 21.6. The van der Waals surface area contributed by atoms with Crippen molar-refractivity contribution < 1.29 is 24.2 Å². The molecule has 3 fully saturated rings. The molecule has 1 aromatic heterocycles. The van der Waals surface area contributed by atoms with E-state index >= 15 is 0 Å². The third kappa shape index (κ3) is 3.35. The Hall–Kier alpha value is -4.59. The summed E-state index contributed by atoms with van der Waals surface area (Å²) in [6, 6.07) is 20.4. The monoisotopic (exact) mass is 535 g/mol. The number of hydrogen-bond donors (Lipinski definition) is 1. The van der Waals surface area contributed by atoms with Gasteiger partial charge < -0.3 is 14.6 Å². The summed E-state index contributed by atoms with van der Waals surface area (Å²) in [6.07, 6.45) is 2.67. The van der Waals surface area contributed by atoms with Crippen molar-refractivity contribution in [2.75, 3.05) is 11.5 Å². The number of aromatic nitrogens is 3. The molecule has 7 rings (SSSR count). The third-order valence-electron chi connectivity index (χ3n) is 8.69. The van der Waals surface area contributed by atoms with Crippen molar-refractivity contribution in [1.29, 1.82) is 5.26 Å². The van der Waals surface area contributed by atoms with Gasteiger partial charge in [-0.1, -0.05) is 30.3 Å². The molecule has 1 N–H and O–H groups in total. The second kappa shape index (κ2) is 8.71. The number of nitrogens with zero attached hydrogens (tertiary/aromatic N) is 5. The summed E-state index contributed by atoms with van der Waals surface area (Å²) in [4.78, 5) is 33.0. The molecule has 40 heavy (non-hydrogen) atoms. The maximum atomic E-state index is 14.0. The van der Waals surface area contributed by atoms with Gasteiger partial charge in [0.05, 0.1) is 47.1 Å². The van der Waals surface area contributed by atoms with Crippen molar-refractivity contribution in [2.45, 2.75) is 37.1 Å². The molecule has 2 amide bonds. The fraction of sp³-hybridized carbons (Fsp3) is 0.300. The van der Waals surface area contributed by atoms with Crippen molar-refractivity contribution in [2.24, 2.45) is 11.8 Å². The van der Waals surface area contributed by atoms with Crippen molar-refractivity contribution >= 4 is 28.3 Å². The molecule has 0 saturated carbocycles. The lowest BCUT2D eigenvalue weighted by atomic mass is 9.66. The summed E-state index contributed by atoms with van der Waals surface area (Å²) in [5.74, 6) is -1.88. The Bertz CT molecular complexity index is 1700. The summed E-state index contributed by atoms with van der Waals surface area (Å²) in [5.41, 5.74) is -0.909. The quantitative estimate of drug-likeness (QED) is 0.373. The number of imide groups is 1. The standard InChI is InChI=1S/C30H25N5O5/c1-29-24(36)14-30(40-29,12-13-39-20-9-7-19(8-10-20)34-17-32-16-33-34)26-25(29)27(37)35(28(26)38)23-11-6-18-4-2-3-5-21(18)22(23)15-31/h2-11,16-17,24-26,36H,12-14H2,1H3. The Morgan fingerprint density at radius 2 is 1.88 bits per heavy atom. The summed E-state index contributed by atoms with van der Waals surface area (Å²) in [5, 5.41) is 26.7. The zero-order valence-corrected chi connectivity index (χ0v) is 21.6. The van der Waals surface area contributed by atoms with E-state index in [2.05, 4.69) is 16.2 Å². The van der Waals surface area contributed by atoms with Crippen LogP contribution in [0.2, 0.25) is 0 Å². The first-order chi connectivity index (χ1) is 19.4. The number of aliphatic hydroxyl groups excluding tert-OH is 1. The predicted octanol–water partition coefficient (Wildman–Crippen LogP) is 3.16. The molecule has 4 aromatic rings. The van der Waals surface area contributed by atoms with Gasteiger partial charge in [0.2, 0.25) is 11.8 Å². The molecule has 3 aliphatic rings. The number of carbonyl (C=O) groups is 2. The van der Waals surface area contributed by atoms with Crippen molar-refractivity contribution in [1.82, 2.24) is 14.8 Å². The number of fused-ring (bicyclic) bond motifs is 6. The van der Waals surface area contributed by atoms with Crippen LogP contribution in [-0.2, 0) is 14.3 Å². The lowest BCUT2D eigenvalue weighted by Crippen LogP contribution is -2.49. The van der Waals surface area contributed by atoms with E-state index in [1.54, 1.807) is 36.1 Å². The maximum Gasteiger partial charge on any atom is 0.240 e. The maximum absolute atomic E-state index is 14.0. The molecule has 5 unspecified atom stereocenters. The molecule has 3 saturated heterocycles. The molecule has 0 spiro atoms. The van der Waals surface area contributed by atoms with Gasteiger partial charge >= 0.3 is 0 Å². The van der Waals surface area contributed by atoms with Gasteiger partial charge in [-0.2, -0.15) is 10.4 Å². The SMILES string of the molecule is CC12OC(CCOc3ccc(-n4cncn4)cc3)(CC1O)C1C(=O)N(c3ccc4ccccc4c3C#N)C(=O)C12. The van der Waals surface area contributed by atoms with E-state index in [9.17, 15) is 20.0 Å². The lowest BCUT2D eigenvalue weighted by Gasteiger charge is -2.33. The Kier molecular flexibility index (Phi) is 5.32. The van der Waals surface area contributed by atoms with Gasteiger partial charge in [0.1, 0.15) is 30.1 Å². The molecule has 5 atom stereocenters. The summed E-state index contributed by atoms with van der Waals surface area (Å²) < 4.78 is 14.0. The molecule has 3 aliphatic heterocycles. The third-order valence-corrected chi connectivity index (χ3v) is 8.69. The minimum atomic E-state index is -1.21. The van der Waals surface area contributed by atoms with E-state index in [0.29, 0.717) is 17.6 Å². The van der Waals surface area contributed by atoms with Crippen LogP contribution in [0, 0.1) is 23.2 Å². The number of rotatable bonds is 6. The van der Waals surface area contributed by atoms with E-state index < -0.39 is 41.0 Å². The second-order valence-electron chi connectivity index (χ2n) is 10.8. The number of benzene rings is 3. The van der Waals surface area contributed by atoms with Gasteiger partial charge in [0.15, 0.2) is 0 Å². The first-order valence-corrected chi connectivity index (χ1v) is 13.1. The highest BCUT2D eigenvalue weighted by Crippen LogP contribution is 2.62. The molecule has 10 heteroatoms. The zero-order chi connectivity index (χ0) is 27.6. The summed E-state index contributed by atoms with van der Waals surface area (Å²) in [7, 11) is 0. The Morgan fingerprint density at radius 1 is 1.10 bits per heavy atom. The van der Waals surface area contributed by atoms with Crippen LogP contribution in [-0.4, -0.2) is 55.6 Å². The fourth-order valence-electron chi connectivity index (χ4n) is 6.80. The van der Waals surface area contributed by atoms with Crippen LogP contribution in [0.4, 0.5) is 5.69 Å². The van der Waals surface area contributed by atoms with E-state index in [-0.39, 0.29) is 24.3 Å². The molecular weight excluding hydrogens is 510 g/mol. The molecule has 0 radical (unpaired) electrons. The van der Waals surface area contributed by atoms with Crippen LogP contribution in [0.3, 0.4) is 0 Å². The molecule has 200 valence electrons. The van der Waals surface area contributed by atoms with E-state index in [0.717, 1.165) is 16.0 Å². The Balaban J connectivity index is 1.17. The first-order valence-electron chi connectivity index (χ1n) is 13.1. The van der Waals surface area contributed by atoms with Crippen LogP contribution < -0.4 is 9.64 Å². The average molecular weight is 536 g/mol. The minimum Gasteiger partial charge on any atom is -0.493 e. The number of amides is 2. The highest BCUT2D eigenvalue weighted by molar-refractivity contribution is 6.24. The Labute approximate surface area is 229 Å². The first kappa shape index (κ1) is 24.5. The number of hydrogen-bond acceptors (Lipinski definition) is 8. The van der Waals surface area contributed by atoms with Crippen LogP contribution in [0.15, 0.2) is 73.3 Å². The van der Waals surface area contributed by atoms with Gasteiger partial charge in [0.25, 0.3) is 0 Å². The fourth-order valence-corrected chi connectivity index (χ4v) is 6.80. The van der Waals surface area contributed by atoms with Crippen LogP contribution >= 0.6 is 0 Å². The highest BCUT2D eigenvalue weighted by Gasteiger charge is 2.77. The average Bonchev–Trinajstić information content (AvgIpc) is 3.70. The summed E-state index contributed by atoms with van der Waals surface area (Å²) in [6.45, 7) is 1.92. The Morgan fingerprint density at radius 3 is 2.62 bits per heavy atom. The van der Waals surface area contributed by atoms with Gasteiger partial charge in [-0.15, -0.1) is 0 Å². The van der Waals surface area contributed by atoms with E-state index in [1.807, 2.05) is 42.5 Å². The van der Waals surface area contributed by atoms with Crippen molar-refractivity contribution in [3.63, 3.8) is 0 Å². The smallest absolute Gasteiger partial charge is 0.240 e. The molecule has 3 aromatic carbocycles. The molecular formula is C30H25N5O5. The van der Waals surface area contributed by atoms with Crippen molar-refractivity contribution in [3.05, 3.63) is 78.9 Å². The lowest BCUT2D eigenvalue weighted by molar-refractivity contribution is -0.134. The van der Waals surface area contributed by atoms with Crippen molar-refractivity contribution in [3.8, 4) is 17.5 Å². The highest BCUT2D eigenvalue weighted by atomic mass is 16.6. The number of nitriles is 1. The van der Waals surface area contributed by atoms with E-state index in [1.165, 1.54) is 6.33 Å². The van der Waals surface area contributed by atoms with Crippen LogP contribution in [0.25, 0.3) is 16.5 Å². The number of anilines is 1. The van der Waals surface area contributed by atoms with Gasteiger partial charge in [-0.3, -0.25) is 9.59 Å². The van der Waals surface area contributed by atoms with Crippen LogP contribution in [0.5, 0.6) is 5.75 Å². The number of aliphatic hydroxyl groups is 1. The predicted molar refractivity (Wildman–Crippen MR) is 142 cm³/mol. The molecule has 0 aliphatic carbocycles. The number of ether oxygens (including phenoxy) is 2. The van der Waals surface area contributed by atoms with Gasteiger partial charge in [-0.05, 0) is 42.6 Å². The van der Waals surface area contributed by atoms with Gasteiger partial charge in [0, 0.05) is 18.2 Å². The molecule has 10 nitrogen and oxygen atoms in total. The second-order valence-corrected chi connectivity index (χ2v) is 10.8. The normalized spacial score (nSPS) is 28.7. The number of carbonyl (C=O) groups excluding carboxylic acids is 2. The van der Waals surface area contributed by atoms with E-state index in [4.69, 9.17) is 9.47 Å².